The maximum atomic E-state index is 4.96. The standard InChI is InChI=1S/C12H17N5S2/c18-12-14-11(15-16-12)9-7-13-10(19-9)8-17-5-3-1-2-4-6-17/h7H,1-6,8H2,(H2,14,15,16,18). The second-order valence-corrected chi connectivity index (χ2v) is 6.33. The van der Waals surface area contributed by atoms with Gasteiger partial charge in [0.2, 0.25) is 4.77 Å². The molecule has 3 heterocycles. The summed E-state index contributed by atoms with van der Waals surface area (Å²) in [6, 6.07) is 0. The highest BCUT2D eigenvalue weighted by Gasteiger charge is 2.13. The first-order valence-electron chi connectivity index (χ1n) is 6.63. The third kappa shape index (κ3) is 3.29. The minimum atomic E-state index is 0.484. The summed E-state index contributed by atoms with van der Waals surface area (Å²) in [7, 11) is 0. The van der Waals surface area contributed by atoms with E-state index in [9.17, 15) is 0 Å². The van der Waals surface area contributed by atoms with Crippen LogP contribution in [0, 0.1) is 4.77 Å². The molecule has 1 aliphatic rings. The van der Waals surface area contributed by atoms with Crippen molar-refractivity contribution >= 4 is 23.6 Å². The molecule has 1 saturated heterocycles. The zero-order valence-electron chi connectivity index (χ0n) is 10.7. The van der Waals surface area contributed by atoms with Crippen LogP contribution >= 0.6 is 23.6 Å². The van der Waals surface area contributed by atoms with Crippen LogP contribution in [-0.4, -0.2) is 38.2 Å². The van der Waals surface area contributed by atoms with Crippen LogP contribution in [0.1, 0.15) is 30.7 Å². The van der Waals surface area contributed by atoms with Crippen LogP contribution in [-0.2, 0) is 6.54 Å². The van der Waals surface area contributed by atoms with Gasteiger partial charge in [0.1, 0.15) is 5.01 Å². The van der Waals surface area contributed by atoms with E-state index in [-0.39, 0.29) is 0 Å². The first-order valence-corrected chi connectivity index (χ1v) is 7.86. The third-order valence-electron chi connectivity index (χ3n) is 3.35. The van der Waals surface area contributed by atoms with Crippen LogP contribution < -0.4 is 0 Å². The minimum Gasteiger partial charge on any atom is -0.297 e. The molecule has 0 bridgehead atoms. The number of aromatic amines is 2. The van der Waals surface area contributed by atoms with E-state index in [2.05, 4.69) is 25.1 Å². The quantitative estimate of drug-likeness (QED) is 0.855. The molecule has 2 N–H and O–H groups in total. The second-order valence-electron chi connectivity index (χ2n) is 4.82. The summed E-state index contributed by atoms with van der Waals surface area (Å²) >= 11 is 6.65. The molecule has 0 saturated carbocycles. The highest BCUT2D eigenvalue weighted by atomic mass is 32.1. The van der Waals surface area contributed by atoms with Crippen molar-refractivity contribution in [3.63, 3.8) is 0 Å². The molecule has 0 radical (unpaired) electrons. The zero-order chi connectivity index (χ0) is 13.1. The Balaban J connectivity index is 1.69. The van der Waals surface area contributed by atoms with Gasteiger partial charge in [-0.3, -0.25) is 15.1 Å². The van der Waals surface area contributed by atoms with Crippen LogP contribution in [0.4, 0.5) is 0 Å². The van der Waals surface area contributed by atoms with E-state index < -0.39 is 0 Å². The Morgan fingerprint density at radius 3 is 2.68 bits per heavy atom. The summed E-state index contributed by atoms with van der Waals surface area (Å²) in [5.41, 5.74) is 0. The largest absolute Gasteiger partial charge is 0.297 e. The van der Waals surface area contributed by atoms with Gasteiger partial charge in [0, 0.05) is 6.20 Å². The Morgan fingerprint density at radius 2 is 2.00 bits per heavy atom. The van der Waals surface area contributed by atoms with Gasteiger partial charge in [-0.1, -0.05) is 12.8 Å². The van der Waals surface area contributed by atoms with E-state index in [4.69, 9.17) is 12.2 Å². The normalized spacial score (nSPS) is 17.5. The maximum absolute atomic E-state index is 4.96. The first-order chi connectivity index (χ1) is 9.31. The SMILES string of the molecule is S=c1nc(-c2cnc(CN3CCCCCC3)s2)[nH][nH]1. The van der Waals surface area contributed by atoms with Crippen molar-refractivity contribution in [2.45, 2.75) is 32.2 Å². The highest BCUT2D eigenvalue weighted by molar-refractivity contribution is 7.71. The van der Waals surface area contributed by atoms with Gasteiger partial charge in [0.05, 0.1) is 11.4 Å². The number of hydrogen-bond donors (Lipinski definition) is 2. The van der Waals surface area contributed by atoms with E-state index in [1.165, 1.54) is 38.8 Å². The lowest BCUT2D eigenvalue weighted by atomic mass is 10.2. The molecular weight excluding hydrogens is 278 g/mol. The van der Waals surface area contributed by atoms with E-state index >= 15 is 0 Å². The fraction of sp³-hybridized carbons (Fsp3) is 0.583. The Labute approximate surface area is 121 Å². The van der Waals surface area contributed by atoms with Crippen LogP contribution in [0.5, 0.6) is 0 Å². The van der Waals surface area contributed by atoms with Crippen LogP contribution in [0.15, 0.2) is 6.20 Å². The molecule has 2 aromatic rings. The fourth-order valence-electron chi connectivity index (χ4n) is 2.37. The van der Waals surface area contributed by atoms with Gasteiger partial charge in [-0.25, -0.2) is 4.98 Å². The number of aromatic nitrogens is 4. The van der Waals surface area contributed by atoms with Crippen molar-refractivity contribution in [2.75, 3.05) is 13.1 Å². The van der Waals surface area contributed by atoms with Crippen molar-refractivity contribution in [1.82, 2.24) is 25.1 Å². The van der Waals surface area contributed by atoms with Crippen LogP contribution in [0.2, 0.25) is 0 Å². The topological polar surface area (TPSA) is 60.6 Å². The van der Waals surface area contributed by atoms with Gasteiger partial charge in [-0.2, -0.15) is 4.98 Å². The van der Waals surface area contributed by atoms with E-state index in [1.54, 1.807) is 11.3 Å². The van der Waals surface area contributed by atoms with E-state index in [1.807, 2.05) is 6.20 Å². The molecule has 0 unspecified atom stereocenters. The predicted molar refractivity (Wildman–Crippen MR) is 78.6 cm³/mol. The second kappa shape index (κ2) is 5.94. The predicted octanol–water partition coefficient (Wildman–Crippen LogP) is 2.97. The molecule has 102 valence electrons. The van der Waals surface area contributed by atoms with Gasteiger partial charge in [0.25, 0.3) is 0 Å². The Hall–Kier alpha value is -1.05. The minimum absolute atomic E-state index is 0.484. The molecule has 7 heteroatoms. The van der Waals surface area contributed by atoms with Crippen molar-refractivity contribution in [3.05, 3.63) is 16.0 Å². The smallest absolute Gasteiger partial charge is 0.213 e. The molecule has 1 fully saturated rings. The average molecular weight is 295 g/mol. The molecular formula is C12H17N5S2. The molecule has 3 rings (SSSR count). The van der Waals surface area contributed by atoms with Crippen molar-refractivity contribution in [2.24, 2.45) is 0 Å². The number of thiazole rings is 1. The lowest BCUT2D eigenvalue weighted by molar-refractivity contribution is 0.276. The molecule has 0 aromatic carbocycles. The van der Waals surface area contributed by atoms with Gasteiger partial charge in [-0.05, 0) is 38.1 Å². The number of H-pyrrole nitrogens is 2. The number of nitrogens with zero attached hydrogens (tertiary/aromatic N) is 3. The first kappa shape index (κ1) is 13.0. The van der Waals surface area contributed by atoms with Crippen LogP contribution in [0.3, 0.4) is 0 Å². The molecule has 0 aliphatic carbocycles. The number of likely N-dealkylation sites (tertiary alicyclic amines) is 1. The lowest BCUT2D eigenvalue weighted by Crippen LogP contribution is -2.23. The maximum Gasteiger partial charge on any atom is 0.213 e. The molecule has 5 nitrogen and oxygen atoms in total. The molecule has 2 aromatic heterocycles. The molecule has 0 amide bonds. The van der Waals surface area contributed by atoms with Gasteiger partial charge < -0.3 is 0 Å². The van der Waals surface area contributed by atoms with Crippen molar-refractivity contribution in [3.8, 4) is 10.7 Å². The summed E-state index contributed by atoms with van der Waals surface area (Å²) < 4.78 is 0.484. The van der Waals surface area contributed by atoms with Crippen LogP contribution in [0.25, 0.3) is 10.7 Å². The molecule has 19 heavy (non-hydrogen) atoms. The summed E-state index contributed by atoms with van der Waals surface area (Å²) in [5.74, 6) is 0.782. The van der Waals surface area contributed by atoms with Crippen molar-refractivity contribution in [1.29, 1.82) is 0 Å². The molecule has 1 aliphatic heterocycles. The Morgan fingerprint density at radius 1 is 1.21 bits per heavy atom. The van der Waals surface area contributed by atoms with Crippen molar-refractivity contribution < 1.29 is 0 Å². The van der Waals surface area contributed by atoms with Gasteiger partial charge in [0.15, 0.2) is 5.82 Å². The molecule has 0 atom stereocenters. The van der Waals surface area contributed by atoms with E-state index in [0.29, 0.717) is 4.77 Å². The van der Waals surface area contributed by atoms with Gasteiger partial charge >= 0.3 is 0 Å². The number of rotatable bonds is 3. The summed E-state index contributed by atoms with van der Waals surface area (Å²) in [4.78, 5) is 12.3. The monoisotopic (exact) mass is 295 g/mol. The fourth-order valence-corrected chi connectivity index (χ4v) is 3.41. The third-order valence-corrected chi connectivity index (χ3v) is 4.53. The molecule has 0 spiro atoms. The number of nitrogens with one attached hydrogen (secondary N) is 2. The summed E-state index contributed by atoms with van der Waals surface area (Å²) in [6.07, 6.45) is 7.22. The average Bonchev–Trinajstić information content (AvgIpc) is 2.94. The highest BCUT2D eigenvalue weighted by Crippen LogP contribution is 2.24. The number of hydrogen-bond acceptors (Lipinski definition) is 5. The van der Waals surface area contributed by atoms with E-state index in [0.717, 1.165) is 22.3 Å². The Bertz CT molecular complexity index is 577. The summed E-state index contributed by atoms with van der Waals surface area (Å²) in [5, 5.41) is 6.93. The zero-order valence-corrected chi connectivity index (χ0v) is 12.3. The van der Waals surface area contributed by atoms with Gasteiger partial charge in [-0.15, -0.1) is 11.3 Å². The Kier molecular flexibility index (Phi) is 4.05. The lowest BCUT2D eigenvalue weighted by Gasteiger charge is -2.17. The summed E-state index contributed by atoms with van der Waals surface area (Å²) in [6.45, 7) is 3.34.